The molecule has 5 aromatic rings. The van der Waals surface area contributed by atoms with Gasteiger partial charge < -0.3 is 19.1 Å². The first-order chi connectivity index (χ1) is 21.8. The van der Waals surface area contributed by atoms with E-state index in [1.165, 1.54) is 36.5 Å². The third-order valence-corrected chi connectivity index (χ3v) is 7.67. The van der Waals surface area contributed by atoms with Crippen LogP contribution in [0.1, 0.15) is 52.4 Å². The van der Waals surface area contributed by atoms with Crippen molar-refractivity contribution in [1.82, 2.24) is 19.5 Å². The monoisotopic (exact) mass is 606 g/mol. The Bertz CT molecular complexity index is 2030. The number of imidazole rings is 1. The van der Waals surface area contributed by atoms with Gasteiger partial charge >= 0.3 is 5.97 Å². The summed E-state index contributed by atoms with van der Waals surface area (Å²) < 4.78 is 42.6. The van der Waals surface area contributed by atoms with E-state index >= 15 is 4.39 Å². The summed E-state index contributed by atoms with van der Waals surface area (Å²) in [6.45, 7) is 0.313. The van der Waals surface area contributed by atoms with E-state index in [1.54, 1.807) is 24.3 Å². The van der Waals surface area contributed by atoms with Gasteiger partial charge in [-0.05, 0) is 60.9 Å². The maximum absolute atomic E-state index is 15.4. The van der Waals surface area contributed by atoms with E-state index in [1.807, 2.05) is 10.6 Å². The van der Waals surface area contributed by atoms with Crippen molar-refractivity contribution in [3.8, 4) is 29.5 Å². The lowest BCUT2D eigenvalue weighted by molar-refractivity contribution is 0.0697. The summed E-state index contributed by atoms with van der Waals surface area (Å²) in [5, 5.41) is 27.7. The van der Waals surface area contributed by atoms with Crippen LogP contribution in [0.4, 0.5) is 8.78 Å². The highest BCUT2D eigenvalue weighted by atomic mass is 19.1. The SMILES string of the molecule is N#CCC1(Cn2c(Cc3ccc(Oc4ccnc(COc5ccc(C#N)cc5F)n4)cc3F)nc3ccc(C(=O)O)cc32)CC1. The quantitative estimate of drug-likeness (QED) is 0.182. The number of halogens is 2. The molecule has 0 bridgehead atoms. The minimum atomic E-state index is -1.06. The number of ether oxygens (including phenoxy) is 2. The molecular formula is C33H24F2N6O4. The Morgan fingerprint density at radius 2 is 1.87 bits per heavy atom. The Hall–Kier alpha value is -5.88. The number of nitrogens with zero attached hydrogens (tertiary/aromatic N) is 6. The minimum absolute atomic E-state index is 0.0604. The molecular weight excluding hydrogens is 582 g/mol. The number of carboxylic acid groups (broad SMARTS) is 1. The summed E-state index contributed by atoms with van der Waals surface area (Å²) in [7, 11) is 0. The fourth-order valence-corrected chi connectivity index (χ4v) is 5.05. The summed E-state index contributed by atoms with van der Waals surface area (Å²) in [5.74, 6) is -1.28. The van der Waals surface area contributed by atoms with E-state index in [4.69, 9.17) is 19.7 Å². The lowest BCUT2D eigenvalue weighted by Gasteiger charge is -2.16. The van der Waals surface area contributed by atoms with Crippen LogP contribution in [0.15, 0.2) is 66.9 Å². The number of fused-ring (bicyclic) bond motifs is 1. The molecule has 2 aromatic heterocycles. The first kappa shape index (κ1) is 29.2. The normalized spacial score (nSPS) is 13.2. The molecule has 0 aliphatic heterocycles. The number of rotatable bonds is 11. The highest BCUT2D eigenvalue weighted by Gasteiger charge is 2.43. The summed E-state index contributed by atoms with van der Waals surface area (Å²) in [6.07, 6.45) is 3.69. The van der Waals surface area contributed by atoms with Gasteiger partial charge in [0.2, 0.25) is 5.88 Å². The summed E-state index contributed by atoms with van der Waals surface area (Å²) in [4.78, 5) is 24.7. The van der Waals surface area contributed by atoms with Crippen LogP contribution in [0.3, 0.4) is 0 Å². The van der Waals surface area contributed by atoms with Crippen LogP contribution < -0.4 is 9.47 Å². The second kappa shape index (κ2) is 12.0. The van der Waals surface area contributed by atoms with Gasteiger partial charge in [-0.3, -0.25) is 0 Å². The highest BCUT2D eigenvalue weighted by molar-refractivity contribution is 5.92. The Kier molecular flexibility index (Phi) is 7.80. The lowest BCUT2D eigenvalue weighted by atomic mass is 10.0. The molecule has 2 heterocycles. The first-order valence-electron chi connectivity index (χ1n) is 14.0. The van der Waals surface area contributed by atoms with E-state index in [2.05, 4.69) is 16.0 Å². The predicted molar refractivity (Wildman–Crippen MR) is 155 cm³/mol. The van der Waals surface area contributed by atoms with Crippen LogP contribution in [-0.4, -0.2) is 30.6 Å². The van der Waals surface area contributed by atoms with Gasteiger partial charge in [0.05, 0.1) is 34.3 Å². The maximum atomic E-state index is 15.4. The number of aromatic nitrogens is 4. The Morgan fingerprint density at radius 1 is 1.02 bits per heavy atom. The zero-order valence-corrected chi connectivity index (χ0v) is 23.7. The van der Waals surface area contributed by atoms with Crippen molar-refractivity contribution in [1.29, 1.82) is 10.5 Å². The molecule has 224 valence electrons. The Labute approximate surface area is 255 Å². The minimum Gasteiger partial charge on any atom is -0.483 e. The van der Waals surface area contributed by atoms with Gasteiger partial charge in [0, 0.05) is 43.1 Å². The zero-order valence-electron chi connectivity index (χ0n) is 23.7. The van der Waals surface area contributed by atoms with Crippen molar-refractivity contribution >= 4 is 17.0 Å². The average Bonchev–Trinajstić information content (AvgIpc) is 3.71. The molecule has 45 heavy (non-hydrogen) atoms. The van der Waals surface area contributed by atoms with Crippen LogP contribution in [-0.2, 0) is 19.6 Å². The van der Waals surface area contributed by atoms with Gasteiger partial charge in [0.15, 0.2) is 17.4 Å². The molecule has 0 atom stereocenters. The smallest absolute Gasteiger partial charge is 0.335 e. The average molecular weight is 607 g/mol. The number of hydrogen-bond donors (Lipinski definition) is 1. The molecule has 1 N–H and O–H groups in total. The molecule has 0 unspecified atom stereocenters. The van der Waals surface area contributed by atoms with Crippen molar-refractivity contribution in [2.75, 3.05) is 0 Å². The van der Waals surface area contributed by atoms with E-state index in [9.17, 15) is 19.6 Å². The molecule has 12 heteroatoms. The molecule has 1 aliphatic rings. The third kappa shape index (κ3) is 6.40. The van der Waals surface area contributed by atoms with Crippen molar-refractivity contribution in [3.63, 3.8) is 0 Å². The summed E-state index contributed by atoms with van der Waals surface area (Å²) in [6, 6.07) is 18.5. The number of carbonyl (C=O) groups is 1. The van der Waals surface area contributed by atoms with Gasteiger partial charge in [0.1, 0.15) is 24.0 Å². The van der Waals surface area contributed by atoms with E-state index in [-0.39, 0.29) is 52.8 Å². The van der Waals surface area contributed by atoms with Gasteiger partial charge in [-0.1, -0.05) is 6.07 Å². The van der Waals surface area contributed by atoms with E-state index in [0.717, 1.165) is 18.9 Å². The molecule has 0 radical (unpaired) electrons. The van der Waals surface area contributed by atoms with Crippen molar-refractivity contribution in [2.45, 2.75) is 38.8 Å². The third-order valence-electron chi connectivity index (χ3n) is 7.67. The van der Waals surface area contributed by atoms with Crippen molar-refractivity contribution in [3.05, 3.63) is 107 Å². The number of benzene rings is 3. The number of aromatic carboxylic acids is 1. The second-order valence-electron chi connectivity index (χ2n) is 10.8. The van der Waals surface area contributed by atoms with Crippen LogP contribution in [0.25, 0.3) is 11.0 Å². The molecule has 10 nitrogen and oxygen atoms in total. The van der Waals surface area contributed by atoms with Gasteiger partial charge in [-0.15, -0.1) is 0 Å². The highest BCUT2D eigenvalue weighted by Crippen LogP contribution is 2.50. The van der Waals surface area contributed by atoms with Crippen LogP contribution in [0.5, 0.6) is 17.4 Å². The van der Waals surface area contributed by atoms with Gasteiger partial charge in [-0.2, -0.15) is 15.5 Å². The van der Waals surface area contributed by atoms with Crippen LogP contribution in [0, 0.1) is 39.7 Å². The Morgan fingerprint density at radius 3 is 2.58 bits per heavy atom. The molecule has 3 aromatic carbocycles. The van der Waals surface area contributed by atoms with Crippen molar-refractivity contribution in [2.24, 2.45) is 5.41 Å². The fraction of sp³-hybridized carbons (Fsp3) is 0.212. The van der Waals surface area contributed by atoms with E-state index < -0.39 is 17.6 Å². The lowest BCUT2D eigenvalue weighted by Crippen LogP contribution is -2.14. The molecule has 1 aliphatic carbocycles. The van der Waals surface area contributed by atoms with Crippen LogP contribution >= 0.6 is 0 Å². The number of nitriles is 2. The predicted octanol–water partition coefficient (Wildman–Crippen LogP) is 6.33. The Balaban J connectivity index is 1.19. The number of carboxylic acids is 1. The van der Waals surface area contributed by atoms with Crippen molar-refractivity contribution < 1.29 is 28.2 Å². The standard InChI is InChI=1S/C33H24F2N6O4/c34-24-16-23(45-31-7-12-38-29(40-31)18-44-28-6-1-20(17-37)13-25(28)35)4-2-21(24)15-30-39-26-5-3-22(32(42)43)14-27(26)41(30)19-33(8-9-33)10-11-36/h1-7,12-14,16H,8-10,15,18-19H2,(H,42,43). The van der Waals surface area contributed by atoms with Gasteiger partial charge in [0.25, 0.3) is 0 Å². The zero-order chi connectivity index (χ0) is 31.6. The molecule has 0 saturated heterocycles. The maximum Gasteiger partial charge on any atom is 0.335 e. The van der Waals surface area contributed by atoms with Crippen LogP contribution in [0.2, 0.25) is 0 Å². The first-order valence-corrected chi connectivity index (χ1v) is 14.0. The topological polar surface area (TPSA) is 147 Å². The molecule has 0 spiro atoms. The molecule has 6 rings (SSSR count). The summed E-state index contributed by atoms with van der Waals surface area (Å²) >= 11 is 0. The molecule has 1 fully saturated rings. The second-order valence-corrected chi connectivity index (χ2v) is 10.8. The molecule has 1 saturated carbocycles. The van der Waals surface area contributed by atoms with E-state index in [0.29, 0.717) is 35.4 Å². The summed E-state index contributed by atoms with van der Waals surface area (Å²) in [5.41, 5.74) is 1.65. The van der Waals surface area contributed by atoms with Gasteiger partial charge in [-0.25, -0.2) is 23.5 Å². The molecule has 0 amide bonds. The fourth-order valence-electron chi connectivity index (χ4n) is 5.05. The number of hydrogen-bond acceptors (Lipinski definition) is 8. The largest absolute Gasteiger partial charge is 0.483 e.